The van der Waals surface area contributed by atoms with Gasteiger partial charge in [0.05, 0.1) is 6.61 Å². The molecule has 0 aliphatic heterocycles. The van der Waals surface area contributed by atoms with Crippen LogP contribution in [0.3, 0.4) is 0 Å². The molecule has 0 aliphatic rings. The van der Waals surface area contributed by atoms with Crippen LogP contribution in [0.1, 0.15) is 52.4 Å². The number of rotatable bonds is 11. The summed E-state index contributed by atoms with van der Waals surface area (Å²) in [5, 5.41) is 1.06. The molecule has 0 aromatic carbocycles. The lowest BCUT2D eigenvalue weighted by Gasteiger charge is -2.31. The van der Waals surface area contributed by atoms with E-state index in [1.807, 2.05) is 6.08 Å². The summed E-state index contributed by atoms with van der Waals surface area (Å²) in [7, 11) is 0. The fourth-order valence-corrected chi connectivity index (χ4v) is 2.84. The van der Waals surface area contributed by atoms with Gasteiger partial charge in [-0.2, -0.15) is 0 Å². The second kappa shape index (κ2) is 10.3. The zero-order valence-corrected chi connectivity index (χ0v) is 12.5. The van der Waals surface area contributed by atoms with Crippen LogP contribution in [0.15, 0.2) is 12.7 Å². The van der Waals surface area contributed by atoms with E-state index in [4.69, 9.17) is 4.74 Å². The number of alkyl halides is 1. The summed E-state index contributed by atoms with van der Waals surface area (Å²) in [6.07, 6.45) is 9.10. The molecule has 0 amide bonds. The van der Waals surface area contributed by atoms with Crippen LogP contribution < -0.4 is 0 Å². The topological polar surface area (TPSA) is 9.23 Å². The summed E-state index contributed by atoms with van der Waals surface area (Å²) in [6.45, 7) is 10.00. The van der Waals surface area contributed by atoms with Crippen molar-refractivity contribution in [1.82, 2.24) is 0 Å². The van der Waals surface area contributed by atoms with Crippen molar-refractivity contribution in [3.63, 3.8) is 0 Å². The van der Waals surface area contributed by atoms with Crippen molar-refractivity contribution in [2.45, 2.75) is 52.4 Å². The lowest BCUT2D eigenvalue weighted by Crippen LogP contribution is -2.29. The van der Waals surface area contributed by atoms with Gasteiger partial charge in [0.15, 0.2) is 0 Å². The van der Waals surface area contributed by atoms with Crippen LogP contribution >= 0.6 is 15.9 Å². The van der Waals surface area contributed by atoms with Crippen LogP contribution in [0.25, 0.3) is 0 Å². The van der Waals surface area contributed by atoms with Gasteiger partial charge in [-0.15, -0.1) is 6.58 Å². The standard InChI is InChI=1S/C14H27BrO/c1-4-7-8-11-16-13-14(12-15,9-5-2)10-6-3/h4H,1,5-13H2,2-3H3. The monoisotopic (exact) mass is 290 g/mol. The lowest BCUT2D eigenvalue weighted by atomic mass is 9.82. The zero-order valence-electron chi connectivity index (χ0n) is 10.9. The molecule has 0 aromatic heterocycles. The molecule has 0 N–H and O–H groups in total. The Labute approximate surface area is 110 Å². The molecule has 96 valence electrons. The van der Waals surface area contributed by atoms with E-state index >= 15 is 0 Å². The molecule has 0 saturated carbocycles. The maximum atomic E-state index is 5.82. The molecule has 0 fully saturated rings. The molecule has 0 heterocycles. The molecule has 1 nitrogen and oxygen atoms in total. The van der Waals surface area contributed by atoms with Crippen LogP contribution in [0.5, 0.6) is 0 Å². The highest BCUT2D eigenvalue weighted by atomic mass is 79.9. The highest BCUT2D eigenvalue weighted by molar-refractivity contribution is 9.09. The van der Waals surface area contributed by atoms with E-state index in [2.05, 4.69) is 36.4 Å². The van der Waals surface area contributed by atoms with Crippen molar-refractivity contribution in [2.24, 2.45) is 5.41 Å². The van der Waals surface area contributed by atoms with Gasteiger partial charge in [-0.1, -0.05) is 48.7 Å². The van der Waals surface area contributed by atoms with Crippen LogP contribution in [0, 0.1) is 5.41 Å². The summed E-state index contributed by atoms with van der Waals surface area (Å²) in [5.74, 6) is 0. The number of ether oxygens (including phenoxy) is 1. The quantitative estimate of drug-likeness (QED) is 0.297. The predicted octanol–water partition coefficient (Wildman–Crippen LogP) is 4.95. The molecular weight excluding hydrogens is 264 g/mol. The fraction of sp³-hybridized carbons (Fsp3) is 0.857. The maximum Gasteiger partial charge on any atom is 0.0530 e. The van der Waals surface area contributed by atoms with Gasteiger partial charge >= 0.3 is 0 Å². The minimum atomic E-state index is 0.359. The van der Waals surface area contributed by atoms with Gasteiger partial charge in [0.25, 0.3) is 0 Å². The molecule has 16 heavy (non-hydrogen) atoms. The van der Waals surface area contributed by atoms with Gasteiger partial charge in [-0.25, -0.2) is 0 Å². The average Bonchev–Trinajstić information content (AvgIpc) is 2.29. The van der Waals surface area contributed by atoms with Crippen molar-refractivity contribution in [3.05, 3.63) is 12.7 Å². The van der Waals surface area contributed by atoms with Gasteiger partial charge in [-0.3, -0.25) is 0 Å². The number of hydrogen-bond donors (Lipinski definition) is 0. The summed E-state index contributed by atoms with van der Waals surface area (Å²) in [4.78, 5) is 0. The lowest BCUT2D eigenvalue weighted by molar-refractivity contribution is 0.0446. The Morgan fingerprint density at radius 3 is 2.31 bits per heavy atom. The van der Waals surface area contributed by atoms with Crippen LogP contribution in [-0.4, -0.2) is 18.5 Å². The summed E-state index contributed by atoms with van der Waals surface area (Å²) in [6, 6.07) is 0. The summed E-state index contributed by atoms with van der Waals surface area (Å²) >= 11 is 3.66. The highest BCUT2D eigenvalue weighted by Gasteiger charge is 2.27. The van der Waals surface area contributed by atoms with Gasteiger partial charge in [0.2, 0.25) is 0 Å². The molecule has 2 heteroatoms. The molecule has 0 unspecified atom stereocenters. The van der Waals surface area contributed by atoms with Gasteiger partial charge in [0.1, 0.15) is 0 Å². The van der Waals surface area contributed by atoms with Gasteiger partial charge < -0.3 is 4.74 Å². The van der Waals surface area contributed by atoms with E-state index in [1.165, 1.54) is 25.7 Å². The first kappa shape index (κ1) is 16.2. The van der Waals surface area contributed by atoms with E-state index in [9.17, 15) is 0 Å². The number of unbranched alkanes of at least 4 members (excludes halogenated alkanes) is 1. The van der Waals surface area contributed by atoms with Crippen molar-refractivity contribution >= 4 is 15.9 Å². The fourth-order valence-electron chi connectivity index (χ4n) is 2.12. The zero-order chi connectivity index (χ0) is 12.3. The van der Waals surface area contributed by atoms with E-state index in [0.717, 1.165) is 31.4 Å². The van der Waals surface area contributed by atoms with Crippen LogP contribution in [0.4, 0.5) is 0 Å². The Morgan fingerprint density at radius 2 is 1.88 bits per heavy atom. The summed E-state index contributed by atoms with van der Waals surface area (Å²) < 4.78 is 5.82. The minimum absolute atomic E-state index is 0.359. The molecule has 0 aliphatic carbocycles. The Kier molecular flexibility index (Phi) is 10.5. The van der Waals surface area contributed by atoms with Crippen molar-refractivity contribution < 1.29 is 4.74 Å². The Hall–Kier alpha value is 0.180. The highest BCUT2D eigenvalue weighted by Crippen LogP contribution is 2.32. The van der Waals surface area contributed by atoms with Crippen LogP contribution in [0.2, 0.25) is 0 Å². The summed E-state index contributed by atoms with van der Waals surface area (Å²) in [5.41, 5.74) is 0.359. The molecule has 0 radical (unpaired) electrons. The Balaban J connectivity index is 3.93. The third-order valence-corrected chi connectivity index (χ3v) is 4.14. The van der Waals surface area contributed by atoms with Crippen molar-refractivity contribution in [3.8, 4) is 0 Å². The minimum Gasteiger partial charge on any atom is -0.381 e. The molecular formula is C14H27BrO. The van der Waals surface area contributed by atoms with Crippen molar-refractivity contribution in [2.75, 3.05) is 18.5 Å². The van der Waals surface area contributed by atoms with Crippen LogP contribution in [-0.2, 0) is 4.74 Å². The van der Waals surface area contributed by atoms with E-state index in [1.54, 1.807) is 0 Å². The third-order valence-electron chi connectivity index (χ3n) is 2.95. The number of allylic oxidation sites excluding steroid dienone is 1. The smallest absolute Gasteiger partial charge is 0.0530 e. The molecule has 0 spiro atoms. The number of halogens is 1. The molecule has 0 saturated heterocycles. The van der Waals surface area contributed by atoms with E-state index in [-0.39, 0.29) is 0 Å². The number of hydrogen-bond acceptors (Lipinski definition) is 1. The predicted molar refractivity (Wildman–Crippen MR) is 76.3 cm³/mol. The Bertz CT molecular complexity index is 162. The normalized spacial score (nSPS) is 11.7. The third kappa shape index (κ3) is 6.70. The first-order chi connectivity index (χ1) is 7.74. The second-order valence-electron chi connectivity index (χ2n) is 4.62. The van der Waals surface area contributed by atoms with E-state index < -0.39 is 0 Å². The van der Waals surface area contributed by atoms with Crippen molar-refractivity contribution in [1.29, 1.82) is 0 Å². The van der Waals surface area contributed by atoms with Gasteiger partial charge in [-0.05, 0) is 25.7 Å². The molecule has 0 atom stereocenters. The first-order valence-corrected chi connectivity index (χ1v) is 7.61. The Morgan fingerprint density at radius 1 is 1.25 bits per heavy atom. The molecule has 0 aromatic rings. The first-order valence-electron chi connectivity index (χ1n) is 6.49. The van der Waals surface area contributed by atoms with Gasteiger partial charge in [0, 0.05) is 17.4 Å². The molecule has 0 rings (SSSR count). The maximum absolute atomic E-state index is 5.82. The second-order valence-corrected chi connectivity index (χ2v) is 5.18. The SMILES string of the molecule is C=CCCCOCC(CBr)(CCC)CCC. The average molecular weight is 291 g/mol. The largest absolute Gasteiger partial charge is 0.381 e. The van der Waals surface area contributed by atoms with E-state index in [0.29, 0.717) is 5.41 Å². The molecule has 0 bridgehead atoms.